The van der Waals surface area contributed by atoms with Crippen molar-refractivity contribution >= 4 is 11.9 Å². The standard InChI is InChI=1S/C14H21NO3/c1-6-11(16)9-14(5,10-7-8-10)15-12(17)18-13(2,3)4/h1,10H,7-9H2,2-5H3,(H,15,17). The number of Topliss-reactive ketones (excluding diaryl/α,β-unsaturated/α-hetero) is 1. The van der Waals surface area contributed by atoms with Crippen molar-refractivity contribution in [2.45, 2.75) is 58.1 Å². The van der Waals surface area contributed by atoms with Crippen molar-refractivity contribution in [2.75, 3.05) is 0 Å². The molecule has 18 heavy (non-hydrogen) atoms. The lowest BCUT2D eigenvalue weighted by molar-refractivity contribution is -0.115. The molecule has 1 unspecified atom stereocenters. The van der Waals surface area contributed by atoms with Crippen molar-refractivity contribution in [3.63, 3.8) is 0 Å². The maximum absolute atomic E-state index is 11.8. The van der Waals surface area contributed by atoms with Gasteiger partial charge in [0.2, 0.25) is 5.78 Å². The number of ether oxygens (including phenoxy) is 1. The zero-order chi connectivity index (χ0) is 14.0. The van der Waals surface area contributed by atoms with E-state index in [1.807, 2.05) is 6.92 Å². The lowest BCUT2D eigenvalue weighted by Crippen LogP contribution is -2.50. The second-order valence-corrected chi connectivity index (χ2v) is 6.06. The molecule has 0 radical (unpaired) electrons. The molecule has 0 heterocycles. The Bertz CT molecular complexity index is 385. The number of terminal acetylenes is 1. The molecular weight excluding hydrogens is 230 g/mol. The maximum Gasteiger partial charge on any atom is 0.408 e. The van der Waals surface area contributed by atoms with Crippen LogP contribution in [0.25, 0.3) is 0 Å². The summed E-state index contributed by atoms with van der Waals surface area (Å²) in [5, 5.41) is 2.80. The van der Waals surface area contributed by atoms with E-state index < -0.39 is 17.2 Å². The third-order valence-corrected chi connectivity index (χ3v) is 2.95. The predicted molar refractivity (Wildman–Crippen MR) is 69.0 cm³/mol. The van der Waals surface area contributed by atoms with E-state index in [1.54, 1.807) is 20.8 Å². The van der Waals surface area contributed by atoms with E-state index in [9.17, 15) is 9.59 Å². The van der Waals surface area contributed by atoms with Gasteiger partial charge in [0.05, 0.1) is 5.54 Å². The molecule has 0 bridgehead atoms. The van der Waals surface area contributed by atoms with Crippen LogP contribution < -0.4 is 5.32 Å². The Hall–Kier alpha value is -1.50. The summed E-state index contributed by atoms with van der Waals surface area (Å²) in [7, 11) is 0. The largest absolute Gasteiger partial charge is 0.444 e. The third-order valence-electron chi connectivity index (χ3n) is 2.95. The number of rotatable bonds is 4. The smallest absolute Gasteiger partial charge is 0.408 e. The van der Waals surface area contributed by atoms with Gasteiger partial charge in [-0.1, -0.05) is 0 Å². The van der Waals surface area contributed by atoms with Gasteiger partial charge in [-0.25, -0.2) is 4.79 Å². The van der Waals surface area contributed by atoms with Gasteiger partial charge in [0, 0.05) is 6.42 Å². The fourth-order valence-corrected chi connectivity index (χ4v) is 1.93. The minimum absolute atomic E-state index is 0.160. The first-order valence-corrected chi connectivity index (χ1v) is 6.17. The van der Waals surface area contributed by atoms with Crippen LogP contribution in [0, 0.1) is 18.3 Å². The number of alkyl carbamates (subject to hydrolysis) is 1. The van der Waals surface area contributed by atoms with Crippen LogP contribution in [0.2, 0.25) is 0 Å². The first-order chi connectivity index (χ1) is 8.16. The van der Waals surface area contributed by atoms with Gasteiger partial charge in [-0.2, -0.15) is 0 Å². The van der Waals surface area contributed by atoms with Gasteiger partial charge < -0.3 is 10.1 Å². The van der Waals surface area contributed by atoms with Crippen molar-refractivity contribution in [3.8, 4) is 12.3 Å². The molecule has 100 valence electrons. The van der Waals surface area contributed by atoms with Crippen molar-refractivity contribution in [2.24, 2.45) is 5.92 Å². The number of amides is 1. The molecule has 0 saturated heterocycles. The number of hydrogen-bond acceptors (Lipinski definition) is 3. The van der Waals surface area contributed by atoms with E-state index in [4.69, 9.17) is 11.2 Å². The van der Waals surface area contributed by atoms with Gasteiger partial charge >= 0.3 is 6.09 Å². The van der Waals surface area contributed by atoms with Gasteiger partial charge in [-0.05, 0) is 52.4 Å². The van der Waals surface area contributed by atoms with Crippen LogP contribution in [0.15, 0.2) is 0 Å². The van der Waals surface area contributed by atoms with Gasteiger partial charge in [-0.3, -0.25) is 4.79 Å². The topological polar surface area (TPSA) is 55.4 Å². The number of ketones is 1. The molecule has 0 spiro atoms. The van der Waals surface area contributed by atoms with E-state index in [2.05, 4.69) is 11.2 Å². The number of carbonyl (C=O) groups is 2. The van der Waals surface area contributed by atoms with Crippen LogP contribution in [0.3, 0.4) is 0 Å². The highest BCUT2D eigenvalue weighted by Gasteiger charge is 2.44. The Balaban J connectivity index is 2.66. The molecule has 0 aromatic carbocycles. The number of hydrogen-bond donors (Lipinski definition) is 1. The van der Waals surface area contributed by atoms with Crippen molar-refractivity contribution < 1.29 is 14.3 Å². The zero-order valence-electron chi connectivity index (χ0n) is 11.5. The predicted octanol–water partition coefficient (Wildman–Crippen LogP) is 2.27. The first kappa shape index (κ1) is 14.6. The van der Waals surface area contributed by atoms with Crippen molar-refractivity contribution in [3.05, 3.63) is 0 Å². The summed E-state index contributed by atoms with van der Waals surface area (Å²) in [4.78, 5) is 23.2. The minimum Gasteiger partial charge on any atom is -0.444 e. The molecule has 1 aliphatic rings. The highest BCUT2D eigenvalue weighted by Crippen LogP contribution is 2.41. The molecule has 1 rings (SSSR count). The monoisotopic (exact) mass is 251 g/mol. The summed E-state index contributed by atoms with van der Waals surface area (Å²) in [6.07, 6.45) is 6.76. The maximum atomic E-state index is 11.8. The van der Waals surface area contributed by atoms with Crippen LogP contribution in [0.1, 0.15) is 47.0 Å². The zero-order valence-corrected chi connectivity index (χ0v) is 11.5. The van der Waals surface area contributed by atoms with Crippen molar-refractivity contribution in [1.82, 2.24) is 5.32 Å². The molecule has 4 nitrogen and oxygen atoms in total. The molecule has 1 saturated carbocycles. The van der Waals surface area contributed by atoms with Crippen LogP contribution in [-0.2, 0) is 9.53 Å². The Morgan fingerprint density at radius 3 is 2.28 bits per heavy atom. The summed E-state index contributed by atoms with van der Waals surface area (Å²) < 4.78 is 5.21. The van der Waals surface area contributed by atoms with Gasteiger partial charge in [0.15, 0.2) is 0 Å². The summed E-state index contributed by atoms with van der Waals surface area (Å²) >= 11 is 0. The SMILES string of the molecule is C#CC(=O)CC(C)(NC(=O)OC(C)(C)C)C1CC1. The second-order valence-electron chi connectivity index (χ2n) is 6.06. The lowest BCUT2D eigenvalue weighted by atomic mass is 9.90. The molecule has 1 atom stereocenters. The average Bonchev–Trinajstić information content (AvgIpc) is 2.96. The van der Waals surface area contributed by atoms with Gasteiger partial charge in [-0.15, -0.1) is 6.42 Å². The Morgan fingerprint density at radius 1 is 1.33 bits per heavy atom. The minimum atomic E-state index is -0.591. The Morgan fingerprint density at radius 2 is 1.89 bits per heavy atom. The Kier molecular flexibility index (Phi) is 4.05. The molecule has 1 N–H and O–H groups in total. The van der Waals surface area contributed by atoms with Crippen LogP contribution in [0.4, 0.5) is 4.79 Å². The van der Waals surface area contributed by atoms with Gasteiger partial charge in [0.25, 0.3) is 0 Å². The fraction of sp³-hybridized carbons (Fsp3) is 0.714. The second kappa shape index (κ2) is 5.01. The molecule has 0 aromatic heterocycles. The van der Waals surface area contributed by atoms with Crippen molar-refractivity contribution in [1.29, 1.82) is 0 Å². The van der Waals surface area contributed by atoms with Crippen LogP contribution in [-0.4, -0.2) is 23.0 Å². The molecule has 1 fully saturated rings. The highest BCUT2D eigenvalue weighted by atomic mass is 16.6. The molecule has 0 aliphatic heterocycles. The Labute approximate surface area is 108 Å². The average molecular weight is 251 g/mol. The van der Waals surface area contributed by atoms with E-state index in [-0.39, 0.29) is 12.2 Å². The number of nitrogens with one attached hydrogen (secondary N) is 1. The fourth-order valence-electron chi connectivity index (χ4n) is 1.93. The first-order valence-electron chi connectivity index (χ1n) is 6.17. The lowest BCUT2D eigenvalue weighted by Gasteiger charge is -2.31. The summed E-state index contributed by atoms with van der Waals surface area (Å²) in [6.45, 7) is 7.25. The van der Waals surface area contributed by atoms with E-state index >= 15 is 0 Å². The number of carbonyl (C=O) groups excluding carboxylic acids is 2. The van der Waals surface area contributed by atoms with Crippen LogP contribution in [0.5, 0.6) is 0 Å². The summed E-state index contributed by atoms with van der Waals surface area (Å²) in [5.74, 6) is 2.11. The van der Waals surface area contributed by atoms with Gasteiger partial charge in [0.1, 0.15) is 5.60 Å². The third kappa shape index (κ3) is 4.40. The highest BCUT2D eigenvalue weighted by molar-refractivity contribution is 5.96. The quantitative estimate of drug-likeness (QED) is 0.616. The molecule has 1 aliphatic carbocycles. The van der Waals surface area contributed by atoms with E-state index in [1.165, 1.54) is 0 Å². The molecule has 1 amide bonds. The summed E-state index contributed by atoms with van der Waals surface area (Å²) in [6, 6.07) is 0. The normalized spacial score (nSPS) is 18.4. The molecule has 0 aromatic rings. The van der Waals surface area contributed by atoms with E-state index in [0.717, 1.165) is 12.8 Å². The molecule has 4 heteroatoms. The van der Waals surface area contributed by atoms with E-state index in [0.29, 0.717) is 5.92 Å². The molecular formula is C14H21NO3. The van der Waals surface area contributed by atoms with Crippen LogP contribution >= 0.6 is 0 Å². The summed E-state index contributed by atoms with van der Waals surface area (Å²) in [5.41, 5.74) is -1.14.